The van der Waals surface area contributed by atoms with Gasteiger partial charge in [0.2, 0.25) is 0 Å². The van der Waals surface area contributed by atoms with Crippen molar-refractivity contribution in [2.75, 3.05) is 5.73 Å². The average molecular weight is 208 g/mol. The highest BCUT2D eigenvalue weighted by Crippen LogP contribution is 2.32. The van der Waals surface area contributed by atoms with Crippen molar-refractivity contribution in [3.63, 3.8) is 0 Å². The van der Waals surface area contributed by atoms with Crippen LogP contribution in [0.15, 0.2) is 6.20 Å². The lowest BCUT2D eigenvalue weighted by Crippen LogP contribution is -1.87. The van der Waals surface area contributed by atoms with Crippen molar-refractivity contribution in [1.29, 1.82) is 0 Å². The predicted octanol–water partition coefficient (Wildman–Crippen LogP) is 1.99. The van der Waals surface area contributed by atoms with Crippen molar-refractivity contribution in [1.82, 2.24) is 15.2 Å². The van der Waals surface area contributed by atoms with Crippen molar-refractivity contribution < 1.29 is 0 Å². The van der Waals surface area contributed by atoms with Crippen LogP contribution < -0.4 is 5.73 Å². The smallest absolute Gasteiger partial charge is 0.127 e. The second-order valence-corrected chi connectivity index (χ2v) is 4.16. The fraction of sp³-hybridized carbons (Fsp3) is 0.333. The summed E-state index contributed by atoms with van der Waals surface area (Å²) in [5.41, 5.74) is 7.74. The normalized spacial score (nSPS) is 10.7. The van der Waals surface area contributed by atoms with E-state index in [9.17, 15) is 0 Å². The van der Waals surface area contributed by atoms with Crippen molar-refractivity contribution in [3.05, 3.63) is 16.9 Å². The quantitative estimate of drug-likeness (QED) is 0.793. The van der Waals surface area contributed by atoms with Crippen molar-refractivity contribution in [2.24, 2.45) is 0 Å². The van der Waals surface area contributed by atoms with E-state index in [0.29, 0.717) is 5.82 Å². The van der Waals surface area contributed by atoms with Gasteiger partial charge in [0.1, 0.15) is 5.82 Å². The van der Waals surface area contributed by atoms with Gasteiger partial charge < -0.3 is 5.73 Å². The Labute approximate surface area is 86.2 Å². The van der Waals surface area contributed by atoms with Gasteiger partial charge in [-0.25, -0.2) is 4.98 Å². The fourth-order valence-corrected chi connectivity index (χ4v) is 2.36. The number of nitrogens with zero attached hydrogens (tertiary/aromatic N) is 2. The molecule has 0 saturated carbocycles. The number of thiazole rings is 1. The first kappa shape index (κ1) is 9.21. The minimum atomic E-state index is 0.611. The van der Waals surface area contributed by atoms with Crippen LogP contribution >= 0.6 is 11.3 Å². The Morgan fingerprint density at radius 1 is 1.57 bits per heavy atom. The number of aryl methyl sites for hydroxylation is 2. The Morgan fingerprint density at radius 2 is 2.36 bits per heavy atom. The van der Waals surface area contributed by atoms with Crippen molar-refractivity contribution in [3.8, 4) is 10.4 Å². The second kappa shape index (κ2) is 3.42. The van der Waals surface area contributed by atoms with Crippen LogP contribution in [0.3, 0.4) is 0 Å². The highest BCUT2D eigenvalue weighted by Gasteiger charge is 2.12. The molecule has 0 atom stereocenters. The Hall–Kier alpha value is -1.36. The number of hydrogen-bond acceptors (Lipinski definition) is 4. The molecule has 0 aromatic carbocycles. The molecule has 0 aliphatic rings. The van der Waals surface area contributed by atoms with Gasteiger partial charge in [-0.3, -0.25) is 5.10 Å². The second-order valence-electron chi connectivity index (χ2n) is 3.07. The number of aromatic amines is 1. The average Bonchev–Trinajstić information content (AvgIpc) is 2.72. The highest BCUT2D eigenvalue weighted by molar-refractivity contribution is 7.15. The molecule has 74 valence electrons. The lowest BCUT2D eigenvalue weighted by atomic mass is 10.2. The summed E-state index contributed by atoms with van der Waals surface area (Å²) in [5.74, 6) is 0.611. The summed E-state index contributed by atoms with van der Waals surface area (Å²) >= 11 is 1.68. The maximum atomic E-state index is 5.75. The number of aromatic nitrogens is 3. The molecule has 14 heavy (non-hydrogen) atoms. The molecule has 0 saturated heterocycles. The van der Waals surface area contributed by atoms with Gasteiger partial charge in [-0.05, 0) is 13.3 Å². The third kappa shape index (κ3) is 1.39. The molecule has 0 aliphatic heterocycles. The molecule has 0 bridgehead atoms. The minimum Gasteiger partial charge on any atom is -0.384 e. The Morgan fingerprint density at radius 3 is 2.86 bits per heavy atom. The molecule has 0 amide bonds. The third-order valence-electron chi connectivity index (χ3n) is 2.06. The van der Waals surface area contributed by atoms with E-state index in [1.807, 2.05) is 6.92 Å². The number of nitrogen functional groups attached to an aromatic ring is 1. The van der Waals surface area contributed by atoms with Gasteiger partial charge in [0.05, 0.1) is 27.3 Å². The van der Waals surface area contributed by atoms with Crippen molar-refractivity contribution >= 4 is 17.2 Å². The largest absolute Gasteiger partial charge is 0.384 e. The zero-order chi connectivity index (χ0) is 10.1. The molecule has 5 heteroatoms. The molecule has 0 radical (unpaired) electrons. The van der Waals surface area contributed by atoms with Crippen molar-refractivity contribution in [2.45, 2.75) is 20.3 Å². The molecule has 0 aliphatic carbocycles. The first-order chi connectivity index (χ1) is 6.72. The van der Waals surface area contributed by atoms with Crippen LogP contribution in [-0.4, -0.2) is 15.2 Å². The Balaban J connectivity index is 2.51. The van der Waals surface area contributed by atoms with E-state index in [-0.39, 0.29) is 0 Å². The van der Waals surface area contributed by atoms with Crippen LogP contribution in [0.2, 0.25) is 0 Å². The predicted molar refractivity (Wildman–Crippen MR) is 58.2 cm³/mol. The Bertz CT molecular complexity index is 443. The van der Waals surface area contributed by atoms with Crippen LogP contribution in [0.1, 0.15) is 17.6 Å². The molecule has 3 N–H and O–H groups in total. The van der Waals surface area contributed by atoms with E-state index in [1.165, 1.54) is 0 Å². The van der Waals surface area contributed by atoms with Crippen LogP contribution in [-0.2, 0) is 6.42 Å². The summed E-state index contributed by atoms with van der Waals surface area (Å²) in [6, 6.07) is 0. The van der Waals surface area contributed by atoms with E-state index >= 15 is 0 Å². The van der Waals surface area contributed by atoms with E-state index in [1.54, 1.807) is 17.5 Å². The van der Waals surface area contributed by atoms with Crippen LogP contribution in [0.5, 0.6) is 0 Å². The van der Waals surface area contributed by atoms with Crippen LogP contribution in [0.25, 0.3) is 10.4 Å². The molecular formula is C9H12N4S. The number of H-pyrrole nitrogens is 1. The topological polar surface area (TPSA) is 67.6 Å². The van der Waals surface area contributed by atoms with Gasteiger partial charge in [-0.15, -0.1) is 11.3 Å². The van der Waals surface area contributed by atoms with E-state index in [2.05, 4.69) is 22.1 Å². The van der Waals surface area contributed by atoms with Gasteiger partial charge in [-0.2, -0.15) is 5.10 Å². The molecule has 4 nitrogen and oxygen atoms in total. The zero-order valence-corrected chi connectivity index (χ0v) is 8.98. The molecule has 2 rings (SSSR count). The summed E-state index contributed by atoms with van der Waals surface area (Å²) < 4.78 is 0. The third-order valence-corrected chi connectivity index (χ3v) is 3.39. The number of hydrogen-bond donors (Lipinski definition) is 2. The number of nitrogens with one attached hydrogen (secondary N) is 1. The monoisotopic (exact) mass is 208 g/mol. The number of nitrogens with two attached hydrogens (primary N) is 1. The standard InChI is InChI=1S/C9H12N4S/c1-3-7-12-5(2)8(14-7)6-4-11-13-9(6)10/h4H,3H2,1-2H3,(H3,10,11,13). The fourth-order valence-electron chi connectivity index (χ4n) is 1.33. The van der Waals surface area contributed by atoms with Gasteiger partial charge in [0, 0.05) is 0 Å². The van der Waals surface area contributed by atoms with E-state index in [4.69, 9.17) is 5.73 Å². The first-order valence-corrected chi connectivity index (χ1v) is 5.29. The molecule has 0 unspecified atom stereocenters. The maximum Gasteiger partial charge on any atom is 0.127 e. The van der Waals surface area contributed by atoms with Gasteiger partial charge in [0.15, 0.2) is 0 Å². The Kier molecular flexibility index (Phi) is 2.25. The molecule has 0 spiro atoms. The molecule has 2 aromatic rings. The van der Waals surface area contributed by atoms with E-state index < -0.39 is 0 Å². The summed E-state index contributed by atoms with van der Waals surface area (Å²) in [7, 11) is 0. The molecule has 2 aromatic heterocycles. The lowest BCUT2D eigenvalue weighted by molar-refractivity contribution is 1.07. The maximum absolute atomic E-state index is 5.75. The number of rotatable bonds is 2. The van der Waals surface area contributed by atoms with Gasteiger partial charge in [0.25, 0.3) is 0 Å². The molecule has 0 fully saturated rings. The summed E-state index contributed by atoms with van der Waals surface area (Å²) in [5, 5.41) is 7.77. The minimum absolute atomic E-state index is 0.611. The van der Waals surface area contributed by atoms with Gasteiger partial charge in [-0.1, -0.05) is 6.92 Å². The molecular weight excluding hydrogens is 196 g/mol. The SMILES string of the molecule is CCc1nc(C)c(-c2cn[nH]c2N)s1. The van der Waals surface area contributed by atoms with Crippen LogP contribution in [0.4, 0.5) is 5.82 Å². The zero-order valence-electron chi connectivity index (χ0n) is 8.16. The van der Waals surface area contributed by atoms with Gasteiger partial charge >= 0.3 is 0 Å². The summed E-state index contributed by atoms with van der Waals surface area (Å²) in [6.07, 6.45) is 2.71. The first-order valence-electron chi connectivity index (χ1n) is 4.48. The molecule has 2 heterocycles. The van der Waals surface area contributed by atoms with E-state index in [0.717, 1.165) is 27.6 Å². The van der Waals surface area contributed by atoms with Crippen LogP contribution in [0, 0.1) is 6.92 Å². The lowest BCUT2D eigenvalue weighted by Gasteiger charge is -1.93. The highest BCUT2D eigenvalue weighted by atomic mass is 32.1. The summed E-state index contributed by atoms with van der Waals surface area (Å²) in [6.45, 7) is 4.10. The number of anilines is 1. The summed E-state index contributed by atoms with van der Waals surface area (Å²) in [4.78, 5) is 5.57.